The van der Waals surface area contributed by atoms with E-state index in [1.807, 2.05) is 56.0 Å². The van der Waals surface area contributed by atoms with Crippen molar-refractivity contribution in [3.05, 3.63) is 59.1 Å². The Kier molecular flexibility index (Phi) is 8.66. The van der Waals surface area contributed by atoms with Crippen molar-refractivity contribution < 1.29 is 18.8 Å². The number of nitrogens with one attached hydrogen (secondary N) is 2. The van der Waals surface area contributed by atoms with Gasteiger partial charge in [-0.2, -0.15) is 0 Å². The van der Waals surface area contributed by atoms with Gasteiger partial charge in [-0.05, 0) is 76.6 Å². The number of aromatic nitrogens is 1. The van der Waals surface area contributed by atoms with E-state index >= 15 is 0 Å². The molecule has 1 aliphatic heterocycles. The van der Waals surface area contributed by atoms with Crippen LogP contribution in [0.15, 0.2) is 53.2 Å². The second kappa shape index (κ2) is 11.9. The smallest absolute Gasteiger partial charge is 0.410 e. The van der Waals surface area contributed by atoms with Crippen molar-refractivity contribution in [2.45, 2.75) is 65.1 Å². The summed E-state index contributed by atoms with van der Waals surface area (Å²) in [6.07, 6.45) is 4.37. The molecule has 0 radical (unpaired) electrons. The second-order valence-electron chi connectivity index (χ2n) is 10.6. The Morgan fingerprint density at radius 1 is 1.16 bits per heavy atom. The topological polar surface area (TPSA) is 96.7 Å². The Morgan fingerprint density at radius 2 is 1.92 bits per heavy atom. The number of carbonyl (C=O) groups excluding carboxylic acids is 2. The van der Waals surface area contributed by atoms with Gasteiger partial charge in [0.05, 0.1) is 16.0 Å². The fourth-order valence-electron chi connectivity index (χ4n) is 4.46. The van der Waals surface area contributed by atoms with Crippen LogP contribution in [0.3, 0.4) is 0 Å². The number of likely N-dealkylation sites (tertiary alicyclic amines) is 1. The SMILES string of the molecule is CC(CC1CCN(C(=O)OC(C)(C)C)CC1)NCc1ccccc1NC(=O)c1ccc(-c2ccno2)s1. The van der Waals surface area contributed by atoms with E-state index in [0.717, 1.165) is 48.5 Å². The minimum absolute atomic E-state index is 0.145. The molecule has 37 heavy (non-hydrogen) atoms. The molecule has 9 heteroatoms. The van der Waals surface area contributed by atoms with Gasteiger partial charge >= 0.3 is 6.09 Å². The number of carbonyl (C=O) groups is 2. The van der Waals surface area contributed by atoms with E-state index in [0.29, 0.717) is 29.1 Å². The number of benzene rings is 1. The molecule has 4 rings (SSSR count). The maximum atomic E-state index is 12.9. The summed E-state index contributed by atoms with van der Waals surface area (Å²) in [7, 11) is 0. The molecule has 1 aromatic carbocycles. The van der Waals surface area contributed by atoms with Gasteiger partial charge in [0.25, 0.3) is 5.91 Å². The summed E-state index contributed by atoms with van der Waals surface area (Å²) in [6, 6.07) is 13.6. The van der Waals surface area contributed by atoms with Crippen LogP contribution in [-0.2, 0) is 11.3 Å². The molecule has 0 aliphatic carbocycles. The van der Waals surface area contributed by atoms with E-state index in [2.05, 4.69) is 22.7 Å². The molecule has 2 aromatic heterocycles. The van der Waals surface area contributed by atoms with Crippen molar-refractivity contribution in [2.24, 2.45) is 5.92 Å². The lowest BCUT2D eigenvalue weighted by atomic mass is 9.90. The van der Waals surface area contributed by atoms with E-state index in [1.165, 1.54) is 11.3 Å². The minimum Gasteiger partial charge on any atom is -0.444 e. The van der Waals surface area contributed by atoms with Crippen molar-refractivity contribution in [3.63, 3.8) is 0 Å². The molecule has 0 bridgehead atoms. The van der Waals surface area contributed by atoms with Crippen LogP contribution < -0.4 is 10.6 Å². The van der Waals surface area contributed by atoms with Crippen LogP contribution in [0.4, 0.5) is 10.5 Å². The summed E-state index contributed by atoms with van der Waals surface area (Å²) < 4.78 is 10.7. The summed E-state index contributed by atoms with van der Waals surface area (Å²) in [6.45, 7) is 10.0. The number of hydrogen-bond donors (Lipinski definition) is 2. The van der Waals surface area contributed by atoms with Gasteiger partial charge in [0.1, 0.15) is 5.60 Å². The summed E-state index contributed by atoms with van der Waals surface area (Å²) in [4.78, 5) is 28.5. The van der Waals surface area contributed by atoms with Gasteiger partial charge in [-0.1, -0.05) is 23.4 Å². The zero-order chi connectivity index (χ0) is 26.4. The molecule has 1 aliphatic rings. The Labute approximate surface area is 222 Å². The summed E-state index contributed by atoms with van der Waals surface area (Å²) in [5.74, 6) is 1.07. The third-order valence-electron chi connectivity index (χ3n) is 6.37. The molecule has 2 N–H and O–H groups in total. The van der Waals surface area contributed by atoms with Crippen LogP contribution in [0.1, 0.15) is 62.2 Å². The number of hydrogen-bond acceptors (Lipinski definition) is 7. The van der Waals surface area contributed by atoms with Gasteiger partial charge in [-0.3, -0.25) is 4.79 Å². The zero-order valence-corrected chi connectivity index (χ0v) is 22.8. The predicted molar refractivity (Wildman–Crippen MR) is 146 cm³/mol. The fourth-order valence-corrected chi connectivity index (χ4v) is 5.32. The number of anilines is 1. The Hall–Kier alpha value is -3.17. The number of amides is 2. The Morgan fingerprint density at radius 3 is 2.62 bits per heavy atom. The average molecular weight is 525 g/mol. The van der Waals surface area contributed by atoms with Crippen molar-refractivity contribution in [2.75, 3.05) is 18.4 Å². The molecule has 3 aromatic rings. The maximum Gasteiger partial charge on any atom is 0.410 e. The standard InChI is InChI=1S/C28H36N4O4S/c1-19(17-20-12-15-32(16-13-20)27(34)35-28(2,3)4)29-18-21-7-5-6-8-22(21)31-26(33)25-10-9-24(37-25)23-11-14-30-36-23/h5-11,14,19-20,29H,12-13,15-18H2,1-4H3,(H,31,33). The zero-order valence-electron chi connectivity index (χ0n) is 22.0. The predicted octanol–water partition coefficient (Wildman–Crippen LogP) is 6.17. The first-order valence-electron chi connectivity index (χ1n) is 12.8. The van der Waals surface area contributed by atoms with Crippen LogP contribution in [0, 0.1) is 5.92 Å². The quantitative estimate of drug-likeness (QED) is 0.366. The van der Waals surface area contributed by atoms with Gasteiger partial charge < -0.3 is 24.8 Å². The van der Waals surface area contributed by atoms with Crippen LogP contribution in [0.2, 0.25) is 0 Å². The van der Waals surface area contributed by atoms with E-state index in [-0.39, 0.29) is 12.0 Å². The molecule has 0 spiro atoms. The van der Waals surface area contributed by atoms with E-state index in [4.69, 9.17) is 9.26 Å². The lowest BCUT2D eigenvalue weighted by Gasteiger charge is -2.34. The van der Waals surface area contributed by atoms with Crippen molar-refractivity contribution >= 4 is 29.0 Å². The van der Waals surface area contributed by atoms with Crippen LogP contribution in [0.25, 0.3) is 10.6 Å². The highest BCUT2D eigenvalue weighted by Crippen LogP contribution is 2.29. The lowest BCUT2D eigenvalue weighted by molar-refractivity contribution is 0.0178. The highest BCUT2D eigenvalue weighted by Gasteiger charge is 2.27. The van der Waals surface area contributed by atoms with E-state index in [1.54, 1.807) is 18.3 Å². The average Bonchev–Trinajstić information content (AvgIpc) is 3.55. The number of ether oxygens (including phenoxy) is 1. The van der Waals surface area contributed by atoms with Crippen molar-refractivity contribution in [1.82, 2.24) is 15.4 Å². The van der Waals surface area contributed by atoms with E-state index in [9.17, 15) is 9.59 Å². The number of nitrogens with zero attached hydrogens (tertiary/aromatic N) is 2. The van der Waals surface area contributed by atoms with Gasteiger partial charge in [-0.15, -0.1) is 11.3 Å². The van der Waals surface area contributed by atoms with Gasteiger partial charge in [0.2, 0.25) is 0 Å². The van der Waals surface area contributed by atoms with Gasteiger partial charge in [0, 0.05) is 37.4 Å². The molecule has 3 heterocycles. The number of piperidine rings is 1. The summed E-state index contributed by atoms with van der Waals surface area (Å²) in [5.41, 5.74) is 1.37. The first-order valence-corrected chi connectivity index (χ1v) is 13.6. The monoisotopic (exact) mass is 524 g/mol. The number of para-hydroxylation sites is 1. The largest absolute Gasteiger partial charge is 0.444 e. The third-order valence-corrected chi connectivity index (χ3v) is 7.47. The van der Waals surface area contributed by atoms with Crippen LogP contribution in [0.5, 0.6) is 0 Å². The first-order chi connectivity index (χ1) is 17.7. The molecule has 8 nitrogen and oxygen atoms in total. The molecular formula is C28H36N4O4S. The van der Waals surface area contributed by atoms with Crippen molar-refractivity contribution in [3.8, 4) is 10.6 Å². The van der Waals surface area contributed by atoms with Crippen LogP contribution >= 0.6 is 11.3 Å². The molecule has 198 valence electrons. The number of thiophene rings is 1. The molecule has 1 fully saturated rings. The molecule has 1 unspecified atom stereocenters. The van der Waals surface area contributed by atoms with Crippen molar-refractivity contribution in [1.29, 1.82) is 0 Å². The highest BCUT2D eigenvalue weighted by molar-refractivity contribution is 7.17. The first kappa shape index (κ1) is 26.9. The molecule has 2 amide bonds. The molecule has 1 atom stereocenters. The van der Waals surface area contributed by atoms with Gasteiger partial charge in [0.15, 0.2) is 5.76 Å². The Balaban J connectivity index is 1.25. The minimum atomic E-state index is -0.466. The second-order valence-corrected chi connectivity index (χ2v) is 11.7. The maximum absolute atomic E-state index is 12.9. The van der Waals surface area contributed by atoms with Gasteiger partial charge in [-0.25, -0.2) is 4.79 Å². The summed E-state index contributed by atoms with van der Waals surface area (Å²) in [5, 5.41) is 10.4. The molecular weight excluding hydrogens is 488 g/mol. The third kappa shape index (κ3) is 7.66. The lowest BCUT2D eigenvalue weighted by Crippen LogP contribution is -2.42. The Bertz CT molecular complexity index is 1180. The number of rotatable bonds is 8. The fraction of sp³-hybridized carbons (Fsp3) is 0.464. The molecule has 1 saturated heterocycles. The van der Waals surface area contributed by atoms with Crippen LogP contribution in [-0.4, -0.2) is 46.8 Å². The van der Waals surface area contributed by atoms with E-state index < -0.39 is 5.60 Å². The summed E-state index contributed by atoms with van der Waals surface area (Å²) >= 11 is 1.37. The highest BCUT2D eigenvalue weighted by atomic mass is 32.1. The normalized spacial score (nSPS) is 15.4. The molecule has 0 saturated carbocycles.